The molecular weight excluding hydrogens is 266 g/mol. The molecule has 0 aromatic heterocycles. The predicted molar refractivity (Wildman–Crippen MR) is 82.3 cm³/mol. The lowest BCUT2D eigenvalue weighted by Gasteiger charge is -2.26. The lowest BCUT2D eigenvalue weighted by atomic mass is 10.0. The van der Waals surface area contributed by atoms with Crippen molar-refractivity contribution in [1.82, 2.24) is 9.80 Å². The highest BCUT2D eigenvalue weighted by atomic mass is 16.4. The molecule has 2 aliphatic rings. The monoisotopic (exact) mass is 289 g/mol. The standard InChI is InChI=1S/C16H23N3O2/c1-18-12-5-6-13(18)10-19(8-7-12)9-11-3-2-4-14(17)15(11)16(20)21/h2-4,12-13H,5-10,17H2,1H3,(H,20,21). The molecule has 0 amide bonds. The van der Waals surface area contributed by atoms with Crippen LogP contribution in [0.2, 0.25) is 0 Å². The Bertz CT molecular complexity index is 546. The van der Waals surface area contributed by atoms with Crippen molar-refractivity contribution in [3.8, 4) is 0 Å². The number of carboxylic acids is 1. The molecule has 2 unspecified atom stereocenters. The van der Waals surface area contributed by atoms with Crippen molar-refractivity contribution in [2.45, 2.75) is 37.9 Å². The molecule has 2 saturated heterocycles. The maximum Gasteiger partial charge on any atom is 0.338 e. The fourth-order valence-corrected chi connectivity index (χ4v) is 3.78. The number of fused-ring (bicyclic) bond motifs is 2. The Morgan fingerprint density at radius 3 is 2.86 bits per heavy atom. The fourth-order valence-electron chi connectivity index (χ4n) is 3.78. The number of hydrogen-bond acceptors (Lipinski definition) is 4. The number of nitrogens with zero attached hydrogens (tertiary/aromatic N) is 2. The summed E-state index contributed by atoms with van der Waals surface area (Å²) >= 11 is 0. The highest BCUT2D eigenvalue weighted by Crippen LogP contribution is 2.29. The van der Waals surface area contributed by atoms with Crippen molar-refractivity contribution >= 4 is 11.7 Å². The van der Waals surface area contributed by atoms with Gasteiger partial charge < -0.3 is 10.8 Å². The van der Waals surface area contributed by atoms with Gasteiger partial charge in [-0.15, -0.1) is 0 Å². The molecule has 2 bridgehead atoms. The normalized spacial score (nSPS) is 26.7. The molecule has 1 aromatic rings. The van der Waals surface area contributed by atoms with E-state index in [0.717, 1.165) is 25.1 Å². The predicted octanol–water partition coefficient (Wildman–Crippen LogP) is 1.64. The Balaban J connectivity index is 1.78. The maximum absolute atomic E-state index is 11.4. The Morgan fingerprint density at radius 1 is 1.33 bits per heavy atom. The molecule has 0 spiro atoms. The number of likely N-dealkylation sites (N-methyl/N-ethyl adjacent to an activating group) is 1. The molecule has 3 rings (SSSR count). The van der Waals surface area contributed by atoms with Crippen LogP contribution in [-0.2, 0) is 6.54 Å². The Hall–Kier alpha value is -1.59. The van der Waals surface area contributed by atoms with Crippen molar-refractivity contribution in [2.24, 2.45) is 0 Å². The van der Waals surface area contributed by atoms with Crippen LogP contribution in [-0.4, -0.2) is 53.1 Å². The number of nitrogens with two attached hydrogens (primary N) is 1. The average molecular weight is 289 g/mol. The van der Waals surface area contributed by atoms with Crippen LogP contribution in [0.1, 0.15) is 35.2 Å². The van der Waals surface area contributed by atoms with E-state index in [0.29, 0.717) is 24.3 Å². The van der Waals surface area contributed by atoms with Gasteiger partial charge in [-0.2, -0.15) is 0 Å². The molecule has 5 heteroatoms. The van der Waals surface area contributed by atoms with Gasteiger partial charge in [-0.25, -0.2) is 4.79 Å². The topological polar surface area (TPSA) is 69.8 Å². The van der Waals surface area contributed by atoms with Gasteiger partial charge in [0.05, 0.1) is 5.56 Å². The third-order valence-corrected chi connectivity index (χ3v) is 5.02. The Kier molecular flexibility index (Phi) is 3.87. The minimum Gasteiger partial charge on any atom is -0.478 e. The number of benzene rings is 1. The molecule has 2 fully saturated rings. The molecule has 3 N–H and O–H groups in total. The molecule has 0 aliphatic carbocycles. The Morgan fingerprint density at radius 2 is 2.10 bits per heavy atom. The van der Waals surface area contributed by atoms with Gasteiger partial charge in [-0.1, -0.05) is 12.1 Å². The van der Waals surface area contributed by atoms with Crippen LogP contribution in [0.25, 0.3) is 0 Å². The summed E-state index contributed by atoms with van der Waals surface area (Å²) in [6.07, 6.45) is 3.71. The van der Waals surface area contributed by atoms with Crippen LogP contribution in [0.15, 0.2) is 18.2 Å². The van der Waals surface area contributed by atoms with Crippen molar-refractivity contribution in [1.29, 1.82) is 0 Å². The molecule has 2 atom stereocenters. The number of hydrogen-bond donors (Lipinski definition) is 2. The van der Waals surface area contributed by atoms with Crippen molar-refractivity contribution < 1.29 is 9.90 Å². The van der Waals surface area contributed by atoms with Crippen LogP contribution in [0.5, 0.6) is 0 Å². The van der Waals surface area contributed by atoms with Crippen molar-refractivity contribution in [3.05, 3.63) is 29.3 Å². The van der Waals surface area contributed by atoms with Gasteiger partial charge >= 0.3 is 5.97 Å². The second kappa shape index (κ2) is 5.66. The number of nitrogen functional groups attached to an aromatic ring is 1. The van der Waals surface area contributed by atoms with E-state index in [1.165, 1.54) is 12.8 Å². The summed E-state index contributed by atoms with van der Waals surface area (Å²) in [5.74, 6) is -0.934. The minimum absolute atomic E-state index is 0.264. The summed E-state index contributed by atoms with van der Waals surface area (Å²) in [6, 6.07) is 6.68. The number of anilines is 1. The minimum atomic E-state index is -0.934. The summed E-state index contributed by atoms with van der Waals surface area (Å²) in [5, 5.41) is 9.37. The smallest absolute Gasteiger partial charge is 0.338 e. The molecule has 21 heavy (non-hydrogen) atoms. The van der Waals surface area contributed by atoms with E-state index in [-0.39, 0.29) is 5.56 Å². The summed E-state index contributed by atoms with van der Waals surface area (Å²) in [4.78, 5) is 16.3. The number of carbonyl (C=O) groups is 1. The first-order valence-corrected chi connectivity index (χ1v) is 7.61. The van der Waals surface area contributed by atoms with E-state index in [9.17, 15) is 9.90 Å². The third-order valence-electron chi connectivity index (χ3n) is 5.02. The van der Waals surface area contributed by atoms with Gasteiger partial charge in [-0.3, -0.25) is 9.80 Å². The third kappa shape index (κ3) is 2.76. The van der Waals surface area contributed by atoms with E-state index in [2.05, 4.69) is 16.8 Å². The van der Waals surface area contributed by atoms with E-state index in [1.54, 1.807) is 6.07 Å². The summed E-state index contributed by atoms with van der Waals surface area (Å²) < 4.78 is 0. The van der Waals surface area contributed by atoms with Crippen molar-refractivity contribution in [2.75, 3.05) is 25.9 Å². The molecule has 5 nitrogen and oxygen atoms in total. The van der Waals surface area contributed by atoms with E-state index < -0.39 is 5.97 Å². The zero-order valence-electron chi connectivity index (χ0n) is 12.5. The lowest BCUT2D eigenvalue weighted by molar-refractivity contribution is 0.0695. The molecule has 0 radical (unpaired) electrons. The molecule has 0 saturated carbocycles. The van der Waals surface area contributed by atoms with E-state index >= 15 is 0 Å². The first kappa shape index (κ1) is 14.4. The van der Waals surface area contributed by atoms with Crippen LogP contribution >= 0.6 is 0 Å². The molecular formula is C16H23N3O2. The number of carboxylic acid groups (broad SMARTS) is 1. The SMILES string of the molecule is CN1C2CCC1CN(Cc1cccc(N)c1C(=O)O)CC2. The zero-order valence-corrected chi connectivity index (χ0v) is 12.5. The maximum atomic E-state index is 11.4. The molecule has 1 aromatic carbocycles. The van der Waals surface area contributed by atoms with Gasteiger partial charge in [0.1, 0.15) is 0 Å². The van der Waals surface area contributed by atoms with Gasteiger partial charge in [0.15, 0.2) is 0 Å². The summed E-state index contributed by atoms with van der Waals surface area (Å²) in [7, 11) is 2.22. The summed E-state index contributed by atoms with van der Waals surface area (Å²) in [6.45, 7) is 2.71. The zero-order chi connectivity index (χ0) is 15.0. The second-order valence-corrected chi connectivity index (χ2v) is 6.26. The first-order valence-electron chi connectivity index (χ1n) is 7.61. The molecule has 114 valence electrons. The van der Waals surface area contributed by atoms with E-state index in [4.69, 9.17) is 5.73 Å². The van der Waals surface area contributed by atoms with Crippen LogP contribution < -0.4 is 5.73 Å². The van der Waals surface area contributed by atoms with E-state index in [1.807, 2.05) is 12.1 Å². The lowest BCUT2D eigenvalue weighted by Crippen LogP contribution is -2.36. The number of likely N-dealkylation sites (tertiary alicyclic amines) is 1. The molecule has 2 heterocycles. The van der Waals surface area contributed by atoms with Crippen molar-refractivity contribution in [3.63, 3.8) is 0 Å². The highest BCUT2D eigenvalue weighted by Gasteiger charge is 2.34. The highest BCUT2D eigenvalue weighted by molar-refractivity contribution is 5.95. The molecule has 2 aliphatic heterocycles. The van der Waals surface area contributed by atoms with Gasteiger partial charge in [0, 0.05) is 37.4 Å². The second-order valence-electron chi connectivity index (χ2n) is 6.26. The first-order chi connectivity index (χ1) is 10.1. The Labute approximate surface area is 125 Å². The fraction of sp³-hybridized carbons (Fsp3) is 0.562. The number of aromatic carboxylic acids is 1. The van der Waals surface area contributed by atoms with Gasteiger partial charge in [0.25, 0.3) is 0 Å². The van der Waals surface area contributed by atoms with Crippen LogP contribution in [0.3, 0.4) is 0 Å². The number of rotatable bonds is 3. The van der Waals surface area contributed by atoms with Gasteiger partial charge in [-0.05, 0) is 37.9 Å². The average Bonchev–Trinajstić information content (AvgIpc) is 2.66. The van der Waals surface area contributed by atoms with Gasteiger partial charge in [0.2, 0.25) is 0 Å². The quantitative estimate of drug-likeness (QED) is 0.828. The largest absolute Gasteiger partial charge is 0.478 e. The van der Waals surface area contributed by atoms with Crippen LogP contribution in [0.4, 0.5) is 5.69 Å². The summed E-state index contributed by atoms with van der Waals surface area (Å²) in [5.41, 5.74) is 7.27. The van der Waals surface area contributed by atoms with Crippen LogP contribution in [0, 0.1) is 0 Å².